The van der Waals surface area contributed by atoms with Crippen LogP contribution in [-0.2, 0) is 20.8 Å². The van der Waals surface area contributed by atoms with Crippen LogP contribution in [0.1, 0.15) is 45.6 Å². The van der Waals surface area contributed by atoms with Crippen LogP contribution in [-0.4, -0.2) is 55.9 Å². The number of fused-ring (bicyclic) bond motifs is 1. The van der Waals surface area contributed by atoms with Crippen molar-refractivity contribution in [1.29, 1.82) is 0 Å². The van der Waals surface area contributed by atoms with Crippen LogP contribution in [0, 0.1) is 5.92 Å². The fourth-order valence-corrected chi connectivity index (χ4v) is 4.06. The first-order valence-electron chi connectivity index (χ1n) is 12.0. The highest BCUT2D eigenvalue weighted by molar-refractivity contribution is 5.90. The number of nitrogens with zero attached hydrogens (tertiary/aromatic N) is 1. The van der Waals surface area contributed by atoms with Crippen molar-refractivity contribution in [2.24, 2.45) is 5.92 Å². The molecule has 0 aliphatic carbocycles. The lowest BCUT2D eigenvalue weighted by molar-refractivity contribution is -0.126. The second-order valence-electron chi connectivity index (χ2n) is 8.76. The second-order valence-corrected chi connectivity index (χ2v) is 8.76. The Morgan fingerprint density at radius 2 is 1.97 bits per heavy atom. The largest absolute Gasteiger partial charge is 0.450 e. The molecule has 2 aromatic rings. The van der Waals surface area contributed by atoms with E-state index >= 15 is 0 Å². The van der Waals surface area contributed by atoms with Crippen LogP contribution < -0.4 is 16.3 Å². The fourth-order valence-electron chi connectivity index (χ4n) is 4.06. The topological polar surface area (TPSA) is 110 Å². The minimum atomic E-state index is -0.559. The quantitative estimate of drug-likeness (QED) is 0.401. The molecule has 2 N–H and O–H groups in total. The lowest BCUT2D eigenvalue weighted by Gasteiger charge is -2.31. The van der Waals surface area contributed by atoms with Crippen LogP contribution in [0.3, 0.4) is 0 Å². The minimum absolute atomic E-state index is 0.0105. The number of amides is 2. The van der Waals surface area contributed by atoms with E-state index in [1.165, 1.54) is 6.07 Å². The number of benzene rings is 1. The highest BCUT2D eigenvalue weighted by Crippen LogP contribution is 2.25. The highest BCUT2D eigenvalue weighted by Gasteiger charge is 2.25. The molecule has 0 bridgehead atoms. The van der Waals surface area contributed by atoms with Crippen molar-refractivity contribution < 1.29 is 23.5 Å². The summed E-state index contributed by atoms with van der Waals surface area (Å²) in [6.45, 7) is 9.41. The van der Waals surface area contributed by atoms with Crippen LogP contribution >= 0.6 is 0 Å². The smallest absolute Gasteiger partial charge is 0.411 e. The van der Waals surface area contributed by atoms with Crippen LogP contribution in [0.2, 0.25) is 0 Å². The van der Waals surface area contributed by atoms with Crippen molar-refractivity contribution in [3.05, 3.63) is 40.2 Å². The molecule has 0 spiro atoms. The maximum Gasteiger partial charge on any atom is 0.411 e. The Balaban J connectivity index is 1.54. The standard InChI is InChI=1S/C25H35N3O6/c1-4-32-25(31)27-20-6-7-21-19(14-23(29)34-22(21)15-20)16-28-11-8-18(9-12-28)24(30)26-10-5-13-33-17(2)3/h6-7,14-15,17-18H,4-5,8-13,16H2,1-3H3,(H,26,30)(H,27,31). The van der Waals surface area contributed by atoms with E-state index in [9.17, 15) is 14.4 Å². The predicted molar refractivity (Wildman–Crippen MR) is 130 cm³/mol. The van der Waals surface area contributed by atoms with Crippen LogP contribution in [0.4, 0.5) is 10.5 Å². The summed E-state index contributed by atoms with van der Waals surface area (Å²) in [6, 6.07) is 6.72. The van der Waals surface area contributed by atoms with Gasteiger partial charge in [-0.05, 0) is 70.8 Å². The predicted octanol–water partition coefficient (Wildman–Crippen LogP) is 3.50. The van der Waals surface area contributed by atoms with E-state index in [-0.39, 0.29) is 24.5 Å². The molecular formula is C25H35N3O6. The van der Waals surface area contributed by atoms with E-state index in [0.29, 0.717) is 31.0 Å². The molecule has 1 aliphatic rings. The van der Waals surface area contributed by atoms with Crippen LogP contribution in [0.15, 0.2) is 33.5 Å². The summed E-state index contributed by atoms with van der Waals surface area (Å²) in [4.78, 5) is 38.5. The lowest BCUT2D eigenvalue weighted by Crippen LogP contribution is -2.40. The number of nitrogens with one attached hydrogen (secondary N) is 2. The van der Waals surface area contributed by atoms with E-state index in [4.69, 9.17) is 13.9 Å². The summed E-state index contributed by atoms with van der Waals surface area (Å²) in [5, 5.41) is 6.45. The van der Waals surface area contributed by atoms with E-state index in [1.807, 2.05) is 19.9 Å². The Morgan fingerprint density at radius 1 is 1.21 bits per heavy atom. The van der Waals surface area contributed by atoms with Crippen molar-refractivity contribution in [3.63, 3.8) is 0 Å². The molecule has 186 valence electrons. The lowest BCUT2D eigenvalue weighted by atomic mass is 9.95. The van der Waals surface area contributed by atoms with Crippen LogP contribution in [0.5, 0.6) is 0 Å². The van der Waals surface area contributed by atoms with Gasteiger partial charge in [0, 0.05) is 48.8 Å². The summed E-state index contributed by atoms with van der Waals surface area (Å²) in [6.07, 6.45) is 2.01. The van der Waals surface area contributed by atoms with E-state index in [2.05, 4.69) is 15.5 Å². The van der Waals surface area contributed by atoms with Gasteiger partial charge in [-0.15, -0.1) is 0 Å². The summed E-state index contributed by atoms with van der Waals surface area (Å²) >= 11 is 0. The summed E-state index contributed by atoms with van der Waals surface area (Å²) in [5.41, 5.74) is 1.33. The molecule has 1 aromatic carbocycles. The zero-order valence-corrected chi connectivity index (χ0v) is 20.2. The van der Waals surface area contributed by atoms with Crippen molar-refractivity contribution in [1.82, 2.24) is 10.2 Å². The average molecular weight is 474 g/mol. The Kier molecular flexibility index (Phi) is 9.47. The minimum Gasteiger partial charge on any atom is -0.450 e. The number of hydrogen-bond acceptors (Lipinski definition) is 7. The van der Waals surface area contributed by atoms with Gasteiger partial charge in [-0.2, -0.15) is 0 Å². The first-order valence-corrected chi connectivity index (χ1v) is 12.0. The Labute approximate surface area is 199 Å². The van der Waals surface area contributed by atoms with E-state index in [1.54, 1.807) is 19.1 Å². The van der Waals surface area contributed by atoms with E-state index < -0.39 is 11.7 Å². The zero-order valence-electron chi connectivity index (χ0n) is 20.2. The first kappa shape index (κ1) is 25.7. The molecule has 0 saturated carbocycles. The van der Waals surface area contributed by atoms with Gasteiger partial charge < -0.3 is 19.2 Å². The van der Waals surface area contributed by atoms with Crippen molar-refractivity contribution in [3.8, 4) is 0 Å². The van der Waals surface area contributed by atoms with Crippen molar-refractivity contribution >= 4 is 28.7 Å². The number of anilines is 1. The molecule has 34 heavy (non-hydrogen) atoms. The molecule has 1 saturated heterocycles. The number of hydrogen-bond donors (Lipinski definition) is 2. The van der Waals surface area contributed by atoms with Crippen molar-refractivity contribution in [2.75, 3.05) is 38.2 Å². The highest BCUT2D eigenvalue weighted by atomic mass is 16.5. The molecule has 1 aliphatic heterocycles. The maximum absolute atomic E-state index is 12.5. The van der Waals surface area contributed by atoms with Gasteiger partial charge in [0.05, 0.1) is 12.7 Å². The third-order valence-electron chi connectivity index (χ3n) is 5.78. The third-order valence-corrected chi connectivity index (χ3v) is 5.78. The summed E-state index contributed by atoms with van der Waals surface area (Å²) in [7, 11) is 0. The molecule has 2 heterocycles. The molecule has 0 radical (unpaired) electrons. The van der Waals surface area contributed by atoms with Crippen molar-refractivity contribution in [2.45, 2.75) is 52.7 Å². The maximum atomic E-state index is 12.5. The number of rotatable bonds is 10. The third kappa shape index (κ3) is 7.56. The molecule has 9 nitrogen and oxygen atoms in total. The Bertz CT molecular complexity index is 1030. The SMILES string of the molecule is CCOC(=O)Nc1ccc2c(CN3CCC(C(=O)NCCCOC(C)C)CC3)cc(=O)oc2c1. The van der Waals surface area contributed by atoms with Crippen LogP contribution in [0.25, 0.3) is 11.0 Å². The second kappa shape index (κ2) is 12.5. The Hall–Kier alpha value is -2.91. The van der Waals surface area contributed by atoms with Gasteiger partial charge in [0.1, 0.15) is 5.58 Å². The van der Waals surface area contributed by atoms with Gasteiger partial charge in [-0.25, -0.2) is 9.59 Å². The van der Waals surface area contributed by atoms with Gasteiger partial charge >= 0.3 is 11.7 Å². The molecule has 9 heteroatoms. The summed E-state index contributed by atoms with van der Waals surface area (Å²) < 4.78 is 15.8. The normalized spacial score (nSPS) is 14.9. The zero-order chi connectivity index (χ0) is 24.5. The monoisotopic (exact) mass is 473 g/mol. The van der Waals surface area contributed by atoms with E-state index in [0.717, 1.165) is 43.3 Å². The summed E-state index contributed by atoms with van der Waals surface area (Å²) in [5.74, 6) is 0.119. The molecule has 3 rings (SSSR count). The Morgan fingerprint density at radius 3 is 2.68 bits per heavy atom. The number of ether oxygens (including phenoxy) is 2. The number of piperidine rings is 1. The van der Waals surface area contributed by atoms with Gasteiger partial charge in [-0.3, -0.25) is 15.0 Å². The van der Waals surface area contributed by atoms with Gasteiger partial charge in [0.25, 0.3) is 0 Å². The average Bonchev–Trinajstić information content (AvgIpc) is 2.79. The number of likely N-dealkylation sites (tertiary alicyclic amines) is 1. The fraction of sp³-hybridized carbons (Fsp3) is 0.560. The number of carbonyl (C=O) groups excluding carboxylic acids is 2. The molecule has 1 aromatic heterocycles. The molecule has 2 amide bonds. The van der Waals surface area contributed by atoms with Gasteiger partial charge in [-0.1, -0.05) is 0 Å². The van der Waals surface area contributed by atoms with Gasteiger partial charge in [0.15, 0.2) is 0 Å². The van der Waals surface area contributed by atoms with Gasteiger partial charge in [0.2, 0.25) is 5.91 Å². The molecular weight excluding hydrogens is 438 g/mol. The first-order chi connectivity index (χ1) is 16.4. The molecule has 0 atom stereocenters. The molecule has 0 unspecified atom stereocenters. The molecule has 1 fully saturated rings. The number of carbonyl (C=O) groups is 2.